The van der Waals surface area contributed by atoms with Gasteiger partial charge in [0.1, 0.15) is 0 Å². The lowest BCUT2D eigenvalue weighted by Crippen LogP contribution is -2.10. The van der Waals surface area contributed by atoms with Gasteiger partial charge in [0.2, 0.25) is 0 Å². The zero-order valence-electron chi connectivity index (χ0n) is 7.47. The van der Waals surface area contributed by atoms with Crippen LogP contribution in [0.15, 0.2) is 0 Å². The molecule has 1 aliphatic heterocycles. The molecule has 3 unspecified atom stereocenters. The molecule has 0 radical (unpaired) electrons. The molecule has 3 atom stereocenters. The van der Waals surface area contributed by atoms with Gasteiger partial charge in [0, 0.05) is 5.88 Å². The van der Waals surface area contributed by atoms with Crippen molar-refractivity contribution in [2.75, 3.05) is 5.88 Å². The van der Waals surface area contributed by atoms with Crippen LogP contribution in [0.4, 0.5) is 0 Å². The Balaban J connectivity index is 1.75. The minimum absolute atomic E-state index is 0.541. The third-order valence-electron chi connectivity index (χ3n) is 3.18. The number of fused-ring (bicyclic) bond motifs is 1. The van der Waals surface area contributed by atoms with Crippen molar-refractivity contribution >= 4 is 11.6 Å². The van der Waals surface area contributed by atoms with Crippen molar-refractivity contribution in [1.82, 2.24) is 0 Å². The molecule has 2 aliphatic rings. The van der Waals surface area contributed by atoms with E-state index in [9.17, 15) is 0 Å². The summed E-state index contributed by atoms with van der Waals surface area (Å²) in [5.74, 6) is 1.68. The van der Waals surface area contributed by atoms with Crippen molar-refractivity contribution in [2.24, 2.45) is 5.92 Å². The summed E-state index contributed by atoms with van der Waals surface area (Å²) in [5.41, 5.74) is 0. The van der Waals surface area contributed by atoms with E-state index in [0.29, 0.717) is 12.2 Å². The summed E-state index contributed by atoms with van der Waals surface area (Å²) in [7, 11) is 0. The number of halogens is 1. The van der Waals surface area contributed by atoms with Gasteiger partial charge in [-0.3, -0.25) is 0 Å². The predicted octanol–water partition coefficient (Wildman–Crippen LogP) is 2.96. The molecular formula is C10H17ClO. The summed E-state index contributed by atoms with van der Waals surface area (Å²) in [6, 6.07) is 0. The van der Waals surface area contributed by atoms with Gasteiger partial charge in [-0.15, -0.1) is 11.6 Å². The van der Waals surface area contributed by atoms with Gasteiger partial charge in [-0.2, -0.15) is 0 Å². The molecule has 1 heterocycles. The van der Waals surface area contributed by atoms with Crippen LogP contribution < -0.4 is 0 Å². The largest absolute Gasteiger partial charge is 0.375 e. The summed E-state index contributed by atoms with van der Waals surface area (Å²) in [6.45, 7) is 0. The first-order valence-corrected chi connectivity index (χ1v) is 5.65. The molecule has 12 heavy (non-hydrogen) atoms. The van der Waals surface area contributed by atoms with Gasteiger partial charge in [0.15, 0.2) is 0 Å². The predicted molar refractivity (Wildman–Crippen MR) is 50.6 cm³/mol. The highest BCUT2D eigenvalue weighted by Crippen LogP contribution is 2.39. The highest BCUT2D eigenvalue weighted by molar-refractivity contribution is 6.17. The van der Waals surface area contributed by atoms with Crippen LogP contribution in [-0.2, 0) is 4.74 Å². The van der Waals surface area contributed by atoms with Crippen molar-refractivity contribution < 1.29 is 4.74 Å². The molecule has 0 amide bonds. The zero-order valence-corrected chi connectivity index (χ0v) is 8.22. The maximum Gasteiger partial charge on any atom is 0.0608 e. The molecule has 1 nitrogen and oxygen atoms in total. The molecule has 0 aromatic rings. The summed E-state index contributed by atoms with van der Waals surface area (Å²) in [5, 5.41) is 0. The fraction of sp³-hybridized carbons (Fsp3) is 1.00. The summed E-state index contributed by atoms with van der Waals surface area (Å²) >= 11 is 5.65. The van der Waals surface area contributed by atoms with Crippen LogP contribution in [0.1, 0.15) is 38.5 Å². The molecule has 0 aromatic carbocycles. The second kappa shape index (κ2) is 3.97. The number of hydrogen-bond donors (Lipinski definition) is 0. The summed E-state index contributed by atoms with van der Waals surface area (Å²) in [4.78, 5) is 0. The van der Waals surface area contributed by atoms with E-state index in [2.05, 4.69) is 0 Å². The van der Waals surface area contributed by atoms with Crippen LogP contribution in [0.5, 0.6) is 0 Å². The van der Waals surface area contributed by atoms with Crippen LogP contribution in [0, 0.1) is 5.92 Å². The Morgan fingerprint density at radius 3 is 3.00 bits per heavy atom. The molecule has 0 bridgehead atoms. The lowest BCUT2D eigenvalue weighted by Gasteiger charge is -2.10. The van der Waals surface area contributed by atoms with Crippen molar-refractivity contribution in [3.8, 4) is 0 Å². The van der Waals surface area contributed by atoms with Crippen molar-refractivity contribution in [3.05, 3.63) is 0 Å². The van der Waals surface area contributed by atoms with Crippen LogP contribution in [-0.4, -0.2) is 18.1 Å². The van der Waals surface area contributed by atoms with Crippen LogP contribution >= 0.6 is 11.6 Å². The second-order valence-electron chi connectivity index (χ2n) is 4.05. The Morgan fingerprint density at radius 1 is 1.33 bits per heavy atom. The molecule has 1 aliphatic carbocycles. The first-order valence-electron chi connectivity index (χ1n) is 5.11. The van der Waals surface area contributed by atoms with Gasteiger partial charge < -0.3 is 4.74 Å². The van der Waals surface area contributed by atoms with Crippen LogP contribution in [0.25, 0.3) is 0 Å². The van der Waals surface area contributed by atoms with E-state index < -0.39 is 0 Å². The lowest BCUT2D eigenvalue weighted by molar-refractivity contribution is 0.0366. The summed E-state index contributed by atoms with van der Waals surface area (Å²) < 4.78 is 5.93. The van der Waals surface area contributed by atoms with Gasteiger partial charge in [0.05, 0.1) is 12.2 Å². The Labute approximate surface area is 79.4 Å². The quantitative estimate of drug-likeness (QED) is 0.619. The lowest BCUT2D eigenvalue weighted by atomic mass is 10.0. The standard InChI is InChI=1S/C10H17ClO/c11-6-2-4-9-7-8-3-1-5-10(8)12-9/h8-10H,1-7H2. The fourth-order valence-corrected chi connectivity index (χ4v) is 2.74. The monoisotopic (exact) mass is 188 g/mol. The number of rotatable bonds is 3. The van der Waals surface area contributed by atoms with E-state index in [1.165, 1.54) is 32.1 Å². The van der Waals surface area contributed by atoms with Crippen LogP contribution in [0.3, 0.4) is 0 Å². The van der Waals surface area contributed by atoms with Gasteiger partial charge >= 0.3 is 0 Å². The van der Waals surface area contributed by atoms with E-state index in [1.54, 1.807) is 0 Å². The molecule has 2 heteroatoms. The Bertz CT molecular complexity index is 137. The van der Waals surface area contributed by atoms with E-state index in [0.717, 1.165) is 18.2 Å². The molecular weight excluding hydrogens is 172 g/mol. The third-order valence-corrected chi connectivity index (χ3v) is 3.45. The number of ether oxygens (including phenoxy) is 1. The zero-order chi connectivity index (χ0) is 8.39. The molecule has 1 saturated heterocycles. The van der Waals surface area contributed by atoms with Crippen molar-refractivity contribution in [3.63, 3.8) is 0 Å². The van der Waals surface area contributed by atoms with E-state index >= 15 is 0 Å². The van der Waals surface area contributed by atoms with Crippen molar-refractivity contribution in [1.29, 1.82) is 0 Å². The molecule has 0 N–H and O–H groups in total. The smallest absolute Gasteiger partial charge is 0.0608 e. The summed E-state index contributed by atoms with van der Waals surface area (Å²) in [6.07, 6.45) is 8.86. The Kier molecular flexibility index (Phi) is 2.92. The highest BCUT2D eigenvalue weighted by Gasteiger charge is 2.37. The minimum atomic E-state index is 0.541. The van der Waals surface area contributed by atoms with Gasteiger partial charge in [-0.1, -0.05) is 6.42 Å². The second-order valence-corrected chi connectivity index (χ2v) is 4.43. The molecule has 70 valence electrons. The maximum absolute atomic E-state index is 5.93. The average Bonchev–Trinajstić information content (AvgIpc) is 2.58. The highest BCUT2D eigenvalue weighted by atomic mass is 35.5. The average molecular weight is 189 g/mol. The Morgan fingerprint density at radius 2 is 2.25 bits per heavy atom. The van der Waals surface area contributed by atoms with Crippen LogP contribution in [0.2, 0.25) is 0 Å². The molecule has 2 fully saturated rings. The SMILES string of the molecule is ClCCCC1CC2CCCC2O1. The first-order chi connectivity index (χ1) is 5.90. The van der Waals surface area contributed by atoms with E-state index in [-0.39, 0.29) is 0 Å². The van der Waals surface area contributed by atoms with Gasteiger partial charge in [-0.05, 0) is 38.0 Å². The molecule has 0 spiro atoms. The molecule has 2 rings (SSSR count). The maximum atomic E-state index is 5.93. The normalized spacial score (nSPS) is 40.2. The first kappa shape index (κ1) is 8.83. The molecule has 1 saturated carbocycles. The minimum Gasteiger partial charge on any atom is -0.375 e. The third kappa shape index (κ3) is 1.77. The molecule has 0 aromatic heterocycles. The Hall–Kier alpha value is 0.250. The van der Waals surface area contributed by atoms with E-state index in [4.69, 9.17) is 16.3 Å². The van der Waals surface area contributed by atoms with E-state index in [1.807, 2.05) is 0 Å². The van der Waals surface area contributed by atoms with Gasteiger partial charge in [-0.25, -0.2) is 0 Å². The number of hydrogen-bond acceptors (Lipinski definition) is 1. The fourth-order valence-electron chi connectivity index (χ4n) is 2.58. The van der Waals surface area contributed by atoms with Crippen molar-refractivity contribution in [2.45, 2.75) is 50.7 Å². The van der Waals surface area contributed by atoms with Gasteiger partial charge in [0.25, 0.3) is 0 Å². The topological polar surface area (TPSA) is 9.23 Å². The number of alkyl halides is 1.